The first-order chi connectivity index (χ1) is 14.2. The topological polar surface area (TPSA) is 64.1 Å². The number of hydrogen-bond acceptors (Lipinski definition) is 5. The average molecular weight is 542 g/mol. The Bertz CT molecular complexity index is 778. The summed E-state index contributed by atoms with van der Waals surface area (Å²) < 4.78 is 0. The molecule has 0 atom stereocenters. The molecule has 1 aliphatic rings. The van der Waals surface area contributed by atoms with Crippen molar-refractivity contribution in [3.8, 4) is 0 Å². The number of likely N-dealkylation sites (N-methyl/N-ethyl adjacent to an activating group) is 1. The van der Waals surface area contributed by atoms with Gasteiger partial charge < -0.3 is 20.0 Å². The fourth-order valence-corrected chi connectivity index (χ4v) is 4.09. The van der Waals surface area contributed by atoms with Crippen LogP contribution in [0.25, 0.3) is 0 Å². The van der Waals surface area contributed by atoms with Gasteiger partial charge in [0.15, 0.2) is 5.96 Å². The molecule has 3 rings (SSSR count). The van der Waals surface area contributed by atoms with E-state index in [0.717, 1.165) is 50.9 Å². The number of carbonyl (C=O) groups is 1. The van der Waals surface area contributed by atoms with Crippen LogP contribution in [0.3, 0.4) is 0 Å². The molecule has 0 unspecified atom stereocenters. The van der Waals surface area contributed by atoms with E-state index in [2.05, 4.69) is 42.6 Å². The van der Waals surface area contributed by atoms with E-state index < -0.39 is 0 Å². The van der Waals surface area contributed by atoms with Gasteiger partial charge in [-0.3, -0.25) is 9.79 Å². The molecule has 164 valence electrons. The maximum Gasteiger partial charge on any atom is 0.224 e. The molecule has 1 N–H and O–H groups in total. The average Bonchev–Trinajstić information content (AvgIpc) is 3.29. The van der Waals surface area contributed by atoms with E-state index in [9.17, 15) is 4.79 Å². The van der Waals surface area contributed by atoms with Gasteiger partial charge in [0.25, 0.3) is 0 Å². The fraction of sp³-hybridized carbons (Fsp3) is 0.476. The highest BCUT2D eigenvalue weighted by molar-refractivity contribution is 14.0. The molecule has 0 radical (unpaired) electrons. The maximum absolute atomic E-state index is 12.6. The number of rotatable bonds is 7. The number of guanidine groups is 1. The van der Waals surface area contributed by atoms with Crippen molar-refractivity contribution in [1.29, 1.82) is 0 Å². The number of nitrogens with zero attached hydrogens (tertiary/aromatic N) is 5. The molecular weight excluding hydrogens is 511 g/mol. The van der Waals surface area contributed by atoms with Gasteiger partial charge in [-0.25, -0.2) is 4.98 Å². The Balaban J connectivity index is 0.00000320. The predicted octanol–water partition coefficient (Wildman–Crippen LogP) is 2.55. The number of aliphatic imine (C=N–C) groups is 1. The van der Waals surface area contributed by atoms with Crippen LogP contribution in [0.2, 0.25) is 0 Å². The van der Waals surface area contributed by atoms with Crippen molar-refractivity contribution in [3.63, 3.8) is 0 Å². The van der Waals surface area contributed by atoms with Crippen LogP contribution in [0.5, 0.6) is 0 Å². The third-order valence-corrected chi connectivity index (χ3v) is 6.01. The molecule has 2 aromatic rings. The molecule has 30 heavy (non-hydrogen) atoms. The lowest BCUT2D eigenvalue weighted by atomic mass is 10.2. The van der Waals surface area contributed by atoms with Crippen LogP contribution in [-0.4, -0.2) is 80.0 Å². The molecule has 9 heteroatoms. The van der Waals surface area contributed by atoms with Gasteiger partial charge in [-0.1, -0.05) is 12.1 Å². The molecule has 0 aromatic carbocycles. The van der Waals surface area contributed by atoms with Crippen LogP contribution in [0.15, 0.2) is 46.9 Å². The van der Waals surface area contributed by atoms with Crippen molar-refractivity contribution in [3.05, 3.63) is 46.8 Å². The van der Waals surface area contributed by atoms with Gasteiger partial charge in [-0.15, -0.1) is 35.3 Å². The first-order valence-corrected chi connectivity index (χ1v) is 10.9. The quantitative estimate of drug-likeness (QED) is 0.331. The number of thiophene rings is 1. The van der Waals surface area contributed by atoms with Crippen molar-refractivity contribution in [2.45, 2.75) is 12.8 Å². The highest BCUT2D eigenvalue weighted by Gasteiger charge is 2.21. The summed E-state index contributed by atoms with van der Waals surface area (Å²) in [6, 6.07) is 10.2. The zero-order chi connectivity index (χ0) is 20.5. The summed E-state index contributed by atoms with van der Waals surface area (Å²) in [6.45, 7) is 4.61. The van der Waals surface area contributed by atoms with Gasteiger partial charge in [-0.2, -0.15) is 0 Å². The number of piperazine rings is 1. The van der Waals surface area contributed by atoms with E-state index in [1.807, 2.05) is 36.3 Å². The molecule has 0 saturated carbocycles. The van der Waals surface area contributed by atoms with E-state index >= 15 is 0 Å². The number of aromatic nitrogens is 1. The fourth-order valence-electron chi connectivity index (χ4n) is 3.39. The summed E-state index contributed by atoms with van der Waals surface area (Å²) >= 11 is 1.78. The highest BCUT2D eigenvalue weighted by atomic mass is 127. The van der Waals surface area contributed by atoms with Gasteiger partial charge >= 0.3 is 0 Å². The minimum atomic E-state index is 0. The molecule has 0 spiro atoms. The summed E-state index contributed by atoms with van der Waals surface area (Å²) in [6.07, 6.45) is 3.28. The first kappa shape index (κ1) is 24.4. The molecule has 7 nitrogen and oxygen atoms in total. The van der Waals surface area contributed by atoms with E-state index in [1.54, 1.807) is 18.4 Å². The Hall–Kier alpha value is -1.88. The summed E-state index contributed by atoms with van der Waals surface area (Å²) in [7, 11) is 3.81. The minimum absolute atomic E-state index is 0. The minimum Gasteiger partial charge on any atom is -0.356 e. The van der Waals surface area contributed by atoms with Crippen molar-refractivity contribution < 1.29 is 4.79 Å². The van der Waals surface area contributed by atoms with Gasteiger partial charge in [0.1, 0.15) is 5.82 Å². The number of anilines is 1. The van der Waals surface area contributed by atoms with Crippen LogP contribution < -0.4 is 10.2 Å². The summed E-state index contributed by atoms with van der Waals surface area (Å²) in [4.78, 5) is 28.9. The van der Waals surface area contributed by atoms with Gasteiger partial charge in [0, 0.05) is 70.9 Å². The second kappa shape index (κ2) is 12.7. The summed E-state index contributed by atoms with van der Waals surface area (Å²) in [5, 5.41) is 5.42. The van der Waals surface area contributed by atoms with Gasteiger partial charge in [-0.05, 0) is 30.0 Å². The number of amides is 1. The highest BCUT2D eigenvalue weighted by Crippen LogP contribution is 2.13. The number of nitrogens with one attached hydrogen (secondary N) is 1. The van der Waals surface area contributed by atoms with Crippen LogP contribution >= 0.6 is 35.3 Å². The second-order valence-electron chi connectivity index (χ2n) is 7.03. The molecule has 2 aromatic heterocycles. The third kappa shape index (κ3) is 7.12. The second-order valence-corrected chi connectivity index (χ2v) is 8.06. The van der Waals surface area contributed by atoms with Crippen molar-refractivity contribution >= 4 is 53.0 Å². The largest absolute Gasteiger partial charge is 0.356 e. The molecule has 3 heterocycles. The number of halogens is 1. The summed E-state index contributed by atoms with van der Waals surface area (Å²) in [5.74, 6) is 2.00. The molecule has 1 amide bonds. The Morgan fingerprint density at radius 2 is 2.03 bits per heavy atom. The number of carbonyl (C=O) groups excluding carboxylic acids is 1. The first-order valence-electron chi connectivity index (χ1n) is 10.1. The lowest BCUT2D eigenvalue weighted by molar-refractivity contribution is -0.131. The van der Waals surface area contributed by atoms with E-state index in [0.29, 0.717) is 13.0 Å². The van der Waals surface area contributed by atoms with Crippen LogP contribution in [0, 0.1) is 0 Å². The lowest BCUT2D eigenvalue weighted by Crippen LogP contribution is -2.49. The predicted molar refractivity (Wildman–Crippen MR) is 135 cm³/mol. The molecular formula is C21H31IN6OS. The normalized spacial score (nSPS) is 14.3. The van der Waals surface area contributed by atoms with Crippen LogP contribution in [0.4, 0.5) is 5.82 Å². The zero-order valence-corrected chi connectivity index (χ0v) is 20.8. The number of pyridine rings is 1. The Morgan fingerprint density at radius 1 is 1.23 bits per heavy atom. The molecule has 1 saturated heterocycles. The maximum atomic E-state index is 12.6. The van der Waals surface area contributed by atoms with Crippen LogP contribution in [0.1, 0.15) is 11.3 Å². The smallest absolute Gasteiger partial charge is 0.224 e. The standard InChI is InChI=1S/C21H30N6OS.HI/c1-22-21(25(2)12-9-18-6-5-17-29-18)24-11-8-20(28)27-15-13-26(14-16-27)19-7-3-4-10-23-19;/h3-7,10,17H,8-9,11-16H2,1-2H3,(H,22,24);1H. The third-order valence-electron chi connectivity index (χ3n) is 5.07. The van der Waals surface area contributed by atoms with E-state index in [4.69, 9.17) is 0 Å². The Labute approximate surface area is 200 Å². The van der Waals surface area contributed by atoms with E-state index in [1.165, 1.54) is 4.88 Å². The van der Waals surface area contributed by atoms with Crippen molar-refractivity contribution in [2.75, 3.05) is 58.3 Å². The summed E-state index contributed by atoms with van der Waals surface area (Å²) in [5.41, 5.74) is 0. The van der Waals surface area contributed by atoms with Crippen molar-refractivity contribution in [1.82, 2.24) is 20.1 Å². The molecule has 0 aliphatic carbocycles. The molecule has 0 bridgehead atoms. The van der Waals surface area contributed by atoms with Crippen LogP contribution in [-0.2, 0) is 11.2 Å². The van der Waals surface area contributed by atoms with Gasteiger partial charge in [0.05, 0.1) is 0 Å². The molecule has 1 fully saturated rings. The molecule has 1 aliphatic heterocycles. The zero-order valence-electron chi connectivity index (χ0n) is 17.7. The van der Waals surface area contributed by atoms with Crippen molar-refractivity contribution in [2.24, 2.45) is 4.99 Å². The Kier molecular flexibility index (Phi) is 10.4. The number of hydrogen-bond donors (Lipinski definition) is 1. The van der Waals surface area contributed by atoms with Gasteiger partial charge in [0.2, 0.25) is 5.91 Å². The lowest BCUT2D eigenvalue weighted by Gasteiger charge is -2.35. The Morgan fingerprint density at radius 3 is 2.67 bits per heavy atom. The SMILES string of the molecule is CN=C(NCCC(=O)N1CCN(c2ccccn2)CC1)N(C)CCc1cccs1.I. The van der Waals surface area contributed by atoms with E-state index in [-0.39, 0.29) is 29.9 Å². The monoisotopic (exact) mass is 542 g/mol.